The average molecular weight is 617 g/mol. The van der Waals surface area contributed by atoms with Crippen molar-refractivity contribution in [1.29, 1.82) is 5.26 Å². The van der Waals surface area contributed by atoms with Gasteiger partial charge in [0.05, 0.1) is 22.1 Å². The lowest BCUT2D eigenvalue weighted by atomic mass is 9.49. The van der Waals surface area contributed by atoms with Crippen molar-refractivity contribution >= 4 is 27.6 Å². The molecule has 0 N–H and O–H groups in total. The maximum absolute atomic E-state index is 13.6. The van der Waals surface area contributed by atoms with Gasteiger partial charge in [-0.15, -0.1) is 0 Å². The molecule has 3 aromatic rings. The fourth-order valence-corrected chi connectivity index (χ4v) is 7.96. The predicted octanol–water partition coefficient (Wildman–Crippen LogP) is 6.44. The zero-order chi connectivity index (χ0) is 31.2. The molecule has 222 valence electrons. The van der Waals surface area contributed by atoms with Gasteiger partial charge in [0.2, 0.25) is 0 Å². The Kier molecular flexibility index (Phi) is 8.09. The van der Waals surface area contributed by atoms with Crippen molar-refractivity contribution in [3.63, 3.8) is 0 Å². The highest BCUT2D eigenvalue weighted by Gasteiger charge is 2.66. The van der Waals surface area contributed by atoms with Crippen LogP contribution in [0.15, 0.2) is 71.6 Å². The molecule has 0 saturated heterocycles. The first kappa shape index (κ1) is 30.6. The van der Waals surface area contributed by atoms with Crippen molar-refractivity contribution in [2.24, 2.45) is 16.7 Å². The van der Waals surface area contributed by atoms with Crippen molar-refractivity contribution in [1.82, 2.24) is 4.90 Å². The number of benzene rings is 3. The molecule has 7 nitrogen and oxygen atoms in total. The summed E-state index contributed by atoms with van der Waals surface area (Å²) in [5.74, 6) is 6.42. The van der Waals surface area contributed by atoms with Crippen molar-refractivity contribution < 1.29 is 22.1 Å². The first-order chi connectivity index (χ1) is 20.3. The van der Waals surface area contributed by atoms with E-state index in [1.54, 1.807) is 43.3 Å². The molecule has 3 aromatic carbocycles. The molecule has 1 atom stereocenters. The number of rotatable bonds is 7. The highest BCUT2D eigenvalue weighted by Crippen LogP contribution is 2.59. The van der Waals surface area contributed by atoms with Crippen molar-refractivity contribution in [3.05, 3.63) is 94.0 Å². The minimum Gasteiger partial charge on any atom is -0.489 e. The van der Waals surface area contributed by atoms with Crippen LogP contribution in [0.1, 0.15) is 61.7 Å². The van der Waals surface area contributed by atoms with Gasteiger partial charge in [0.1, 0.15) is 17.9 Å². The van der Waals surface area contributed by atoms with Crippen LogP contribution in [0.4, 0.5) is 0 Å². The summed E-state index contributed by atoms with van der Waals surface area (Å²) in [6, 6.07) is 20.6. The first-order valence-corrected chi connectivity index (χ1v) is 15.8. The van der Waals surface area contributed by atoms with E-state index in [-0.39, 0.29) is 46.3 Å². The molecule has 1 heterocycles. The molecule has 1 aliphatic carbocycles. The van der Waals surface area contributed by atoms with E-state index in [1.807, 2.05) is 23.1 Å². The number of halogens is 1. The third-order valence-corrected chi connectivity index (χ3v) is 9.90. The lowest BCUT2D eigenvalue weighted by Gasteiger charge is -2.65. The van der Waals surface area contributed by atoms with Gasteiger partial charge in [0, 0.05) is 46.5 Å². The Morgan fingerprint density at radius 1 is 1.05 bits per heavy atom. The molecule has 1 aliphatic heterocycles. The zero-order valence-electron chi connectivity index (χ0n) is 24.7. The van der Waals surface area contributed by atoms with Gasteiger partial charge < -0.3 is 9.64 Å². The number of amides is 1. The normalized spacial score (nSPS) is 20.7. The first-order valence-electron chi connectivity index (χ1n) is 14.0. The van der Waals surface area contributed by atoms with E-state index < -0.39 is 10.1 Å². The second-order valence-electron chi connectivity index (χ2n) is 12.3. The number of carbonyl (C=O) groups excluding carboxylic acids is 1. The zero-order valence-corrected chi connectivity index (χ0v) is 26.3. The van der Waals surface area contributed by atoms with E-state index in [0.717, 1.165) is 11.1 Å². The lowest BCUT2D eigenvalue weighted by molar-refractivity contribution is -0.199. The Morgan fingerprint density at radius 3 is 2.40 bits per heavy atom. The number of carbonyl (C=O) groups is 1. The van der Waals surface area contributed by atoms with E-state index in [2.05, 4.69) is 45.6 Å². The van der Waals surface area contributed by atoms with Crippen LogP contribution in [0.2, 0.25) is 5.02 Å². The summed E-state index contributed by atoms with van der Waals surface area (Å²) in [6.07, 6.45) is -0.193. The van der Waals surface area contributed by atoms with Gasteiger partial charge >= 0.3 is 0 Å². The minimum atomic E-state index is -3.85. The number of nitriles is 1. The number of nitrogens with zero attached hydrogens (tertiary/aromatic N) is 2. The van der Waals surface area contributed by atoms with Crippen LogP contribution in [0.5, 0.6) is 5.75 Å². The summed E-state index contributed by atoms with van der Waals surface area (Å²) >= 11 is 6.23. The summed E-state index contributed by atoms with van der Waals surface area (Å²) in [5, 5.41) is 9.52. The molecule has 1 fully saturated rings. The lowest BCUT2D eigenvalue weighted by Crippen LogP contribution is -2.74. The smallest absolute Gasteiger partial charge is 0.297 e. The largest absolute Gasteiger partial charge is 0.489 e. The van der Waals surface area contributed by atoms with Crippen molar-refractivity contribution in [2.45, 2.75) is 58.2 Å². The molecule has 9 heteroatoms. The quantitative estimate of drug-likeness (QED) is 0.224. The summed E-state index contributed by atoms with van der Waals surface area (Å²) in [6.45, 7) is 10.6. The summed E-state index contributed by atoms with van der Waals surface area (Å²) in [7, 11) is -3.85. The summed E-state index contributed by atoms with van der Waals surface area (Å²) in [5.41, 5.74) is 1.98. The second kappa shape index (κ2) is 11.4. The maximum atomic E-state index is 13.6. The fraction of sp³-hybridized carbons (Fsp3) is 0.353. The molecule has 1 saturated carbocycles. The van der Waals surface area contributed by atoms with E-state index in [0.29, 0.717) is 28.4 Å². The topological polar surface area (TPSA) is 96.7 Å². The maximum Gasteiger partial charge on any atom is 0.297 e. The Balaban J connectivity index is 1.26. The van der Waals surface area contributed by atoms with Crippen LogP contribution in [-0.4, -0.2) is 38.0 Å². The van der Waals surface area contributed by atoms with Crippen LogP contribution >= 0.6 is 11.6 Å². The van der Waals surface area contributed by atoms with Crippen LogP contribution in [0, 0.1) is 39.9 Å². The highest BCUT2D eigenvalue weighted by molar-refractivity contribution is 7.86. The van der Waals surface area contributed by atoms with E-state index >= 15 is 0 Å². The van der Waals surface area contributed by atoms with Gasteiger partial charge in [-0.25, -0.2) is 0 Å². The third-order valence-electron chi connectivity index (χ3n) is 8.29. The van der Waals surface area contributed by atoms with Crippen LogP contribution < -0.4 is 4.74 Å². The third kappa shape index (κ3) is 5.76. The number of fused-ring (bicyclic) bond motifs is 1. The van der Waals surface area contributed by atoms with Gasteiger partial charge in [0.15, 0.2) is 0 Å². The molecule has 5 rings (SSSR count). The summed E-state index contributed by atoms with van der Waals surface area (Å²) in [4.78, 5) is 15.6. The van der Waals surface area contributed by atoms with E-state index in [9.17, 15) is 18.5 Å². The van der Waals surface area contributed by atoms with Crippen molar-refractivity contribution in [2.75, 3.05) is 6.61 Å². The highest BCUT2D eigenvalue weighted by atomic mass is 35.5. The molecule has 2 aliphatic rings. The monoisotopic (exact) mass is 616 g/mol. The molecular formula is C34H33ClN2O5S. The molecule has 0 radical (unpaired) electrons. The van der Waals surface area contributed by atoms with Crippen molar-refractivity contribution in [3.8, 4) is 23.7 Å². The van der Waals surface area contributed by atoms with Gasteiger partial charge in [-0.2, -0.15) is 13.7 Å². The Labute approximate surface area is 258 Å². The van der Waals surface area contributed by atoms with E-state index in [4.69, 9.17) is 20.5 Å². The van der Waals surface area contributed by atoms with Gasteiger partial charge in [-0.05, 0) is 55.0 Å². The number of hydrogen-bond acceptors (Lipinski definition) is 6. The van der Waals surface area contributed by atoms with Crippen LogP contribution in [-0.2, 0) is 20.8 Å². The minimum absolute atomic E-state index is 0.0200. The molecule has 0 aromatic heterocycles. The van der Waals surface area contributed by atoms with Crippen LogP contribution in [0.3, 0.4) is 0 Å². The Hall–Kier alpha value is -3.82. The Bertz CT molecular complexity index is 1770. The number of ether oxygens (including phenoxy) is 1. The van der Waals surface area contributed by atoms with E-state index in [1.165, 1.54) is 12.1 Å². The Morgan fingerprint density at radius 2 is 1.74 bits per heavy atom. The standard InChI is InChI=1S/C34H33ClN2O5S/c1-22(21-41-43(39,40)27-9-7-6-8-10-27)11-12-23-13-16-28-25(17-23)20-37(30(28)38)31-33(2,3)32(34(31,4)5)42-26-15-14-24(19-36)29(35)18-26/h6-10,13-18,22,31-32H,20-21H2,1-5H3. The summed E-state index contributed by atoms with van der Waals surface area (Å²) < 4.78 is 36.4. The molecule has 0 spiro atoms. The average Bonchev–Trinajstić information content (AvgIpc) is 3.28. The number of hydrogen-bond donors (Lipinski definition) is 0. The van der Waals surface area contributed by atoms with Crippen LogP contribution in [0.25, 0.3) is 0 Å². The predicted molar refractivity (Wildman–Crippen MR) is 164 cm³/mol. The molecule has 1 unspecified atom stereocenters. The fourth-order valence-electron chi connectivity index (χ4n) is 6.74. The molecular weight excluding hydrogens is 584 g/mol. The molecule has 43 heavy (non-hydrogen) atoms. The molecule has 1 amide bonds. The SMILES string of the molecule is CC(C#Cc1ccc2c(c1)CN(C1C(C)(C)C(Oc3ccc(C#N)c(Cl)c3)C1(C)C)C2=O)COS(=O)(=O)c1ccccc1. The van der Waals surface area contributed by atoms with Gasteiger partial charge in [0.25, 0.3) is 16.0 Å². The molecule has 0 bridgehead atoms. The van der Waals surface area contributed by atoms with Gasteiger partial charge in [-0.3, -0.25) is 8.98 Å². The second-order valence-corrected chi connectivity index (χ2v) is 14.3. The van der Waals surface area contributed by atoms with Gasteiger partial charge in [-0.1, -0.05) is 69.3 Å².